The van der Waals surface area contributed by atoms with Gasteiger partial charge in [0, 0.05) is 81.7 Å². The van der Waals surface area contributed by atoms with Gasteiger partial charge in [-0.1, -0.05) is 280 Å². The molecule has 0 fully saturated rings. The molecule has 10 N–H and O–H groups in total. The van der Waals surface area contributed by atoms with Crippen LogP contribution in [0.15, 0.2) is 252 Å². The number of aromatic nitrogens is 4. The second kappa shape index (κ2) is 42.2. The number of nitro groups is 2. The quantitative estimate of drug-likeness (QED) is 0.0244. The summed E-state index contributed by atoms with van der Waals surface area (Å²) in [5.41, 5.74) is 21.3. The third-order valence-electron chi connectivity index (χ3n) is 17.4. The van der Waals surface area contributed by atoms with Crippen LogP contribution >= 0.6 is 43.5 Å². The molecule has 0 aliphatic rings. The van der Waals surface area contributed by atoms with Crippen LogP contribution in [0.5, 0.6) is 0 Å². The van der Waals surface area contributed by atoms with E-state index in [9.17, 15) is 44.2 Å². The van der Waals surface area contributed by atoms with E-state index in [2.05, 4.69) is 187 Å². The first-order chi connectivity index (χ1) is 56.3. The molecule has 0 bridgehead atoms. The van der Waals surface area contributed by atoms with Gasteiger partial charge in [0.1, 0.15) is 23.0 Å². The third-order valence-corrected chi connectivity index (χ3v) is 18.9. The Kier molecular flexibility index (Phi) is 34.1. The van der Waals surface area contributed by atoms with Gasteiger partial charge in [0.05, 0.1) is 66.0 Å². The largest absolute Gasteiger partial charge is 1.00 e. The number of nitrogen functional groups attached to an aromatic ring is 2. The first kappa shape index (κ1) is 97.8. The molecule has 23 nitrogen and oxygen atoms in total. The summed E-state index contributed by atoms with van der Waals surface area (Å²) in [4.78, 5) is 88.3. The van der Waals surface area contributed by atoms with Gasteiger partial charge in [0.25, 0.3) is 11.4 Å². The Hall–Kier alpha value is -12.1. The van der Waals surface area contributed by atoms with Gasteiger partial charge >= 0.3 is 1.43 Å². The molecule has 4 amide bonds. The van der Waals surface area contributed by atoms with Crippen molar-refractivity contribution >= 4 is 163 Å². The van der Waals surface area contributed by atoms with Crippen molar-refractivity contribution in [3.63, 3.8) is 0 Å². The predicted octanol–water partition coefficient (Wildman–Crippen LogP) is 25.2. The minimum absolute atomic E-state index is 0. The number of anilines is 10. The van der Waals surface area contributed by atoms with Gasteiger partial charge in [-0.15, -0.1) is 0 Å². The Bertz CT molecular complexity index is 5390. The summed E-state index contributed by atoms with van der Waals surface area (Å²) in [6.45, 7) is 40.8. The van der Waals surface area contributed by atoms with Gasteiger partial charge in [-0.25, -0.2) is 9.97 Å². The molecule has 0 radical (unpaired) electrons. The van der Waals surface area contributed by atoms with Crippen LogP contribution in [0.25, 0.3) is 33.4 Å². The van der Waals surface area contributed by atoms with E-state index in [1.807, 2.05) is 172 Å². The molecule has 121 heavy (non-hydrogen) atoms. The number of halogens is 3. The molecule has 0 saturated carbocycles. The van der Waals surface area contributed by atoms with E-state index < -0.39 is 31.5 Å². The van der Waals surface area contributed by atoms with Gasteiger partial charge in [-0.3, -0.25) is 53.3 Å². The summed E-state index contributed by atoms with van der Waals surface area (Å²) < 4.78 is 6.81. The number of imidazole rings is 2. The highest BCUT2D eigenvalue weighted by Gasteiger charge is 2.30. The van der Waals surface area contributed by atoms with Crippen LogP contribution in [0.2, 0.25) is 0 Å². The van der Waals surface area contributed by atoms with E-state index in [4.69, 9.17) is 33.0 Å². The number of carbonyl (C=O) groups is 5. The molecule has 12 aromatic rings. The van der Waals surface area contributed by atoms with Crippen molar-refractivity contribution in [2.75, 3.05) is 43.4 Å². The number of nitrogens with zero attached hydrogens (tertiary/aromatic N) is 6. The van der Waals surface area contributed by atoms with Crippen molar-refractivity contribution in [3.8, 4) is 11.4 Å². The Morgan fingerprint density at radius 2 is 0.653 bits per heavy atom. The van der Waals surface area contributed by atoms with Crippen molar-refractivity contribution in [2.24, 2.45) is 27.1 Å². The number of rotatable bonds is 12. The third kappa shape index (κ3) is 30.0. The standard InChI is InChI=1S/C28H34N4O2.C28H30N4.C11H14N2O3.C11H16N2O.C6H4Br2.C6H6N2O2.C5H9ClO/c1-27(2,3)25(33)31-23-16-9-7-14-21(23)29-19-12-11-13-20(18-19)30-22-15-8-10-17-24(22)32-26(34)28(4,5)6;1-27(2,3)25-29-21-14-7-9-16-23(21)31(25)19-12-11-13-20(18-19)32-24-17-10-8-15-22(24)30-26(32)28(4,5)6;1-11(2,3)10(14)12-8-6-4-5-7-9(8)13(15)16;1-11(2,3)10(14)13-9-7-5-4-6-8(9)12;7-5-2-1-3-6(8)4-5;7-5-3-1-2-4-6(5)8(9)10;1-5(2,3)4(6)7/h7-18,29-30H,1-6H3,(H,31,33)(H,32,34);7-18H,1-6H3;4-7H,1-3H3,(H,12,14);4-7H,12H2,1-3H3,(H,13,14);1-4H;1-4H,7H2;1-3H3/p+1. The Morgan fingerprint density at radius 3 is 0.983 bits per heavy atom. The van der Waals surface area contributed by atoms with Crippen molar-refractivity contribution in [1.29, 1.82) is 0 Å². The van der Waals surface area contributed by atoms with Crippen molar-refractivity contribution in [2.45, 2.75) is 156 Å². The lowest BCUT2D eigenvalue weighted by Crippen LogP contribution is -2.27. The van der Waals surface area contributed by atoms with E-state index in [0.29, 0.717) is 11.4 Å². The van der Waals surface area contributed by atoms with Gasteiger partial charge in [0.15, 0.2) is 0 Å². The van der Waals surface area contributed by atoms with Crippen molar-refractivity contribution in [1.82, 2.24) is 19.1 Å². The molecule has 638 valence electrons. The van der Waals surface area contributed by atoms with E-state index >= 15 is 0 Å². The zero-order valence-electron chi connectivity index (χ0n) is 73.7. The summed E-state index contributed by atoms with van der Waals surface area (Å²) in [6.07, 6.45) is 0. The number of nitro benzene ring substituents is 2. The van der Waals surface area contributed by atoms with E-state index in [0.717, 1.165) is 88.2 Å². The zero-order chi connectivity index (χ0) is 90.3. The fourth-order valence-corrected chi connectivity index (χ4v) is 11.5. The summed E-state index contributed by atoms with van der Waals surface area (Å²) in [5.74, 6) is 1.74. The van der Waals surface area contributed by atoms with Gasteiger partial charge in [-0.05, 0) is 139 Å². The maximum Gasteiger partial charge on any atom is 1.00 e. The maximum atomic E-state index is 12.5. The minimum atomic E-state index is -0.580. The molecular formula is C95H114Br2ClN14O9+. The number of hydrogen-bond donors (Lipinski definition) is 8. The number of nitrogens with one attached hydrogen (secondary N) is 6. The molecular weight excluding hydrogens is 1680 g/mol. The SMILES string of the molecule is Brc1cccc(Br)c1.CC(C)(C)C(=O)Cl.CC(C)(C)C(=O)Nc1ccccc1N.CC(C)(C)C(=O)Nc1ccccc1Nc1cccc(Nc2ccccc2NC(=O)C(C)(C)C)c1.CC(C)(C)C(=O)Nc1ccccc1[N+](=O)[O-].CC(C)(C)c1nc2ccccc2n1-c1cccc(-n2c(C(C)(C)C)nc3ccccc32)c1.Nc1ccccc1[N+](=O)[O-].[H+]. The normalized spacial score (nSPS) is 11.3. The number of amides is 4. The number of nitrogens with two attached hydrogens (primary N) is 2. The molecule has 0 atom stereocenters. The summed E-state index contributed by atoms with van der Waals surface area (Å²) in [6, 6.07) is 75.9. The molecule has 0 aliphatic carbocycles. The Labute approximate surface area is 733 Å². The molecule has 12 rings (SSSR count). The van der Waals surface area contributed by atoms with Gasteiger partial charge < -0.3 is 43.4 Å². The molecule has 0 spiro atoms. The summed E-state index contributed by atoms with van der Waals surface area (Å²) in [5, 5.41) is 38.7. The van der Waals surface area contributed by atoms with Crippen LogP contribution < -0.4 is 43.4 Å². The Morgan fingerprint density at radius 1 is 0.355 bits per heavy atom. The van der Waals surface area contributed by atoms with Gasteiger partial charge in [0.2, 0.25) is 28.9 Å². The second-order valence-electron chi connectivity index (χ2n) is 35.4. The number of fused-ring (bicyclic) bond motifs is 2. The molecule has 0 aliphatic heterocycles. The maximum absolute atomic E-state index is 12.5. The fourth-order valence-electron chi connectivity index (χ4n) is 10.4. The van der Waals surface area contributed by atoms with Crippen LogP contribution in [0.3, 0.4) is 0 Å². The number of para-hydroxylation sites is 14. The molecule has 2 aromatic heterocycles. The summed E-state index contributed by atoms with van der Waals surface area (Å²) in [7, 11) is 0. The molecule has 2 heterocycles. The lowest BCUT2D eigenvalue weighted by atomic mass is 9.95. The lowest BCUT2D eigenvalue weighted by molar-refractivity contribution is -0.384. The minimum Gasteiger partial charge on any atom is -0.397 e. The average Bonchev–Trinajstić information content (AvgIpc) is 1.60. The van der Waals surface area contributed by atoms with Crippen molar-refractivity contribution < 1.29 is 35.2 Å². The number of carbonyl (C=O) groups excluding carboxylic acids is 5. The molecule has 0 saturated heterocycles. The van der Waals surface area contributed by atoms with Crippen LogP contribution in [-0.4, -0.2) is 57.8 Å². The van der Waals surface area contributed by atoms with E-state index in [1.165, 1.54) is 24.3 Å². The van der Waals surface area contributed by atoms with Crippen LogP contribution in [0.4, 0.5) is 68.2 Å². The first-order valence-corrected chi connectivity index (χ1v) is 41.0. The summed E-state index contributed by atoms with van der Waals surface area (Å²) >= 11 is 11.8. The lowest BCUT2D eigenvalue weighted by Gasteiger charge is -2.22. The molecule has 0 unspecified atom stereocenters. The van der Waals surface area contributed by atoms with E-state index in [-0.39, 0.29) is 69.3 Å². The fraction of sp³-hybridized carbons (Fsp3) is 0.295. The van der Waals surface area contributed by atoms with Gasteiger partial charge in [-0.2, -0.15) is 0 Å². The first-order valence-electron chi connectivity index (χ1n) is 39.1. The Balaban J connectivity index is 0.000000273. The highest BCUT2D eigenvalue weighted by Crippen LogP contribution is 2.37. The van der Waals surface area contributed by atoms with Crippen LogP contribution in [-0.2, 0) is 34.8 Å². The topological polar surface area (TPSA) is 331 Å². The van der Waals surface area contributed by atoms with E-state index in [1.54, 1.807) is 77.9 Å². The average molecular weight is 1790 g/mol. The second-order valence-corrected chi connectivity index (χ2v) is 37.6. The highest BCUT2D eigenvalue weighted by molar-refractivity contribution is 9.11. The smallest absolute Gasteiger partial charge is 0.397 e. The molecule has 10 aromatic carbocycles. The highest BCUT2D eigenvalue weighted by atomic mass is 79.9. The zero-order valence-corrected chi connectivity index (χ0v) is 76.7. The predicted molar refractivity (Wildman–Crippen MR) is 506 cm³/mol. The number of benzene rings is 10. The van der Waals surface area contributed by atoms with Crippen LogP contribution in [0.1, 0.15) is 158 Å². The number of hydrogen-bond acceptors (Lipinski definition) is 15. The van der Waals surface area contributed by atoms with Crippen molar-refractivity contribution in [3.05, 3.63) is 283 Å². The molecule has 26 heteroatoms. The van der Waals surface area contributed by atoms with Crippen LogP contribution in [0, 0.1) is 47.3 Å². The monoisotopic (exact) mass is 1790 g/mol.